The maximum absolute atomic E-state index is 12.4. The number of thioether (sulfide) groups is 1. The molecule has 0 aliphatic carbocycles. The standard InChI is InChI=1S/C25H22N2O2S/c1-18-13-14-22(15-19(18)2)29-24(28)17-30-25-26-23(20-9-5-3-6-10-20)16-27(25)21-11-7-4-8-12-21/h3-16H,17H2,1-2H3. The van der Waals surface area contributed by atoms with Gasteiger partial charge in [0.15, 0.2) is 5.16 Å². The van der Waals surface area contributed by atoms with Gasteiger partial charge < -0.3 is 4.74 Å². The zero-order valence-corrected chi connectivity index (χ0v) is 17.7. The van der Waals surface area contributed by atoms with Crippen LogP contribution >= 0.6 is 11.8 Å². The Morgan fingerprint density at radius 1 is 0.933 bits per heavy atom. The van der Waals surface area contributed by atoms with E-state index in [1.54, 1.807) is 0 Å². The molecule has 0 saturated carbocycles. The van der Waals surface area contributed by atoms with E-state index < -0.39 is 0 Å². The Kier molecular flexibility index (Phi) is 6.00. The molecule has 1 aromatic heterocycles. The van der Waals surface area contributed by atoms with E-state index in [0.717, 1.165) is 27.7 Å². The SMILES string of the molecule is Cc1ccc(OC(=O)CSc2nc(-c3ccccc3)cn2-c2ccccc2)cc1C. The van der Waals surface area contributed by atoms with Crippen LogP contribution in [0.15, 0.2) is 90.2 Å². The van der Waals surface area contributed by atoms with Gasteiger partial charge in [-0.2, -0.15) is 0 Å². The second kappa shape index (κ2) is 9.01. The van der Waals surface area contributed by atoms with Crippen LogP contribution in [0.3, 0.4) is 0 Å². The summed E-state index contributed by atoms with van der Waals surface area (Å²) in [5, 5.41) is 0.747. The second-order valence-electron chi connectivity index (χ2n) is 6.99. The summed E-state index contributed by atoms with van der Waals surface area (Å²) in [5.41, 5.74) is 5.16. The molecule has 0 amide bonds. The van der Waals surface area contributed by atoms with Crippen molar-refractivity contribution < 1.29 is 9.53 Å². The lowest BCUT2D eigenvalue weighted by Crippen LogP contribution is -2.11. The number of nitrogens with zero attached hydrogens (tertiary/aromatic N) is 2. The normalized spacial score (nSPS) is 10.7. The molecule has 0 aliphatic heterocycles. The first-order valence-electron chi connectivity index (χ1n) is 9.71. The zero-order chi connectivity index (χ0) is 20.9. The molecular formula is C25H22N2O2S. The molecular weight excluding hydrogens is 392 g/mol. The fraction of sp³-hybridized carbons (Fsp3) is 0.120. The van der Waals surface area contributed by atoms with Gasteiger partial charge in [0, 0.05) is 17.4 Å². The summed E-state index contributed by atoms with van der Waals surface area (Å²) < 4.78 is 7.52. The molecule has 150 valence electrons. The molecule has 3 aromatic carbocycles. The van der Waals surface area contributed by atoms with Crippen LogP contribution in [-0.2, 0) is 4.79 Å². The Hall–Kier alpha value is -3.31. The van der Waals surface area contributed by atoms with Crippen LogP contribution in [0, 0.1) is 13.8 Å². The third kappa shape index (κ3) is 4.63. The zero-order valence-electron chi connectivity index (χ0n) is 16.9. The molecule has 0 spiro atoms. The third-order valence-corrected chi connectivity index (χ3v) is 5.73. The summed E-state index contributed by atoms with van der Waals surface area (Å²) in [4.78, 5) is 17.2. The highest BCUT2D eigenvalue weighted by molar-refractivity contribution is 7.99. The summed E-state index contributed by atoms with van der Waals surface area (Å²) in [7, 11) is 0. The number of rotatable bonds is 6. The molecule has 0 radical (unpaired) electrons. The van der Waals surface area contributed by atoms with Crippen molar-refractivity contribution in [3.05, 3.63) is 96.2 Å². The van der Waals surface area contributed by atoms with E-state index >= 15 is 0 Å². The van der Waals surface area contributed by atoms with Gasteiger partial charge in [-0.25, -0.2) is 4.98 Å². The van der Waals surface area contributed by atoms with E-state index in [0.29, 0.717) is 5.75 Å². The largest absolute Gasteiger partial charge is 0.426 e. The van der Waals surface area contributed by atoms with E-state index in [-0.39, 0.29) is 11.7 Å². The van der Waals surface area contributed by atoms with Gasteiger partial charge >= 0.3 is 5.97 Å². The maximum Gasteiger partial charge on any atom is 0.321 e. The number of aromatic nitrogens is 2. The van der Waals surface area contributed by atoms with Crippen molar-refractivity contribution in [2.75, 3.05) is 5.75 Å². The predicted molar refractivity (Wildman–Crippen MR) is 121 cm³/mol. The van der Waals surface area contributed by atoms with Gasteiger partial charge in [0.25, 0.3) is 0 Å². The minimum Gasteiger partial charge on any atom is -0.426 e. The van der Waals surface area contributed by atoms with Crippen LogP contribution < -0.4 is 4.74 Å². The second-order valence-corrected chi connectivity index (χ2v) is 7.93. The maximum atomic E-state index is 12.4. The average Bonchev–Trinajstić information content (AvgIpc) is 3.20. The van der Waals surface area contributed by atoms with Crippen molar-refractivity contribution in [2.24, 2.45) is 0 Å². The lowest BCUT2D eigenvalue weighted by Gasteiger charge is -2.08. The lowest BCUT2D eigenvalue weighted by atomic mass is 10.1. The number of esters is 1. The quantitative estimate of drug-likeness (QED) is 0.225. The summed E-state index contributed by atoms with van der Waals surface area (Å²) in [6, 6.07) is 25.7. The molecule has 0 unspecified atom stereocenters. The van der Waals surface area contributed by atoms with Crippen molar-refractivity contribution in [3.63, 3.8) is 0 Å². The molecule has 4 aromatic rings. The van der Waals surface area contributed by atoms with Gasteiger partial charge in [-0.05, 0) is 49.2 Å². The highest BCUT2D eigenvalue weighted by Gasteiger charge is 2.14. The number of carbonyl (C=O) groups is 1. The summed E-state index contributed by atoms with van der Waals surface area (Å²) in [6.07, 6.45) is 2.00. The van der Waals surface area contributed by atoms with Crippen molar-refractivity contribution >= 4 is 17.7 Å². The number of para-hydroxylation sites is 1. The molecule has 0 bridgehead atoms. The van der Waals surface area contributed by atoms with Gasteiger partial charge in [-0.15, -0.1) is 0 Å². The van der Waals surface area contributed by atoms with Gasteiger partial charge in [0.1, 0.15) is 5.75 Å². The fourth-order valence-electron chi connectivity index (χ4n) is 3.05. The highest BCUT2D eigenvalue weighted by Crippen LogP contribution is 2.27. The molecule has 0 saturated heterocycles. The van der Waals surface area contributed by atoms with Crippen LogP contribution in [0.25, 0.3) is 16.9 Å². The monoisotopic (exact) mass is 414 g/mol. The van der Waals surface area contributed by atoms with Gasteiger partial charge in [0.05, 0.1) is 11.4 Å². The predicted octanol–water partition coefficient (Wildman–Crippen LogP) is 5.85. The van der Waals surface area contributed by atoms with Crippen molar-refractivity contribution in [2.45, 2.75) is 19.0 Å². The van der Waals surface area contributed by atoms with Crippen molar-refractivity contribution in [1.29, 1.82) is 0 Å². The van der Waals surface area contributed by atoms with E-state index in [1.807, 2.05) is 103 Å². The Morgan fingerprint density at radius 2 is 1.63 bits per heavy atom. The fourth-order valence-corrected chi connectivity index (χ4v) is 3.81. The van der Waals surface area contributed by atoms with E-state index in [4.69, 9.17) is 9.72 Å². The van der Waals surface area contributed by atoms with Gasteiger partial charge in [0.2, 0.25) is 0 Å². The number of hydrogen-bond donors (Lipinski definition) is 0. The molecule has 0 atom stereocenters. The first-order chi connectivity index (χ1) is 14.6. The summed E-state index contributed by atoms with van der Waals surface area (Å²) >= 11 is 1.37. The van der Waals surface area contributed by atoms with Crippen LogP contribution in [-0.4, -0.2) is 21.3 Å². The molecule has 4 nitrogen and oxygen atoms in total. The number of carbonyl (C=O) groups excluding carboxylic acids is 1. The Morgan fingerprint density at radius 3 is 2.33 bits per heavy atom. The Labute approximate surface area is 180 Å². The molecule has 0 N–H and O–H groups in total. The van der Waals surface area contributed by atoms with Gasteiger partial charge in [-0.3, -0.25) is 9.36 Å². The van der Waals surface area contributed by atoms with E-state index in [2.05, 4.69) is 0 Å². The van der Waals surface area contributed by atoms with Crippen molar-refractivity contribution in [3.8, 4) is 22.7 Å². The van der Waals surface area contributed by atoms with E-state index in [1.165, 1.54) is 17.3 Å². The molecule has 0 aliphatic rings. The van der Waals surface area contributed by atoms with Gasteiger partial charge in [-0.1, -0.05) is 66.4 Å². The van der Waals surface area contributed by atoms with E-state index in [9.17, 15) is 4.79 Å². The minimum atomic E-state index is -0.299. The molecule has 0 fully saturated rings. The number of aryl methyl sites for hydroxylation is 2. The third-order valence-electron chi connectivity index (χ3n) is 4.81. The van der Waals surface area contributed by atoms with Crippen LogP contribution in [0.1, 0.15) is 11.1 Å². The molecule has 5 heteroatoms. The molecule has 4 rings (SSSR count). The van der Waals surface area contributed by atoms with Crippen LogP contribution in [0.5, 0.6) is 5.75 Å². The topological polar surface area (TPSA) is 44.1 Å². The number of hydrogen-bond acceptors (Lipinski definition) is 4. The number of ether oxygens (including phenoxy) is 1. The molecule has 1 heterocycles. The average molecular weight is 415 g/mol. The summed E-state index contributed by atoms with van der Waals surface area (Å²) in [6.45, 7) is 4.04. The minimum absolute atomic E-state index is 0.172. The van der Waals surface area contributed by atoms with Crippen molar-refractivity contribution in [1.82, 2.24) is 9.55 Å². The number of imidazole rings is 1. The lowest BCUT2D eigenvalue weighted by molar-refractivity contribution is -0.131. The van der Waals surface area contributed by atoms with Crippen LogP contribution in [0.4, 0.5) is 0 Å². The van der Waals surface area contributed by atoms with Crippen LogP contribution in [0.2, 0.25) is 0 Å². The highest BCUT2D eigenvalue weighted by atomic mass is 32.2. The summed E-state index contributed by atoms with van der Waals surface area (Å²) in [5.74, 6) is 0.442. The number of benzene rings is 3. The first-order valence-corrected chi connectivity index (χ1v) is 10.7. The first kappa shape index (κ1) is 20.0. The Balaban J connectivity index is 1.54. The smallest absolute Gasteiger partial charge is 0.321 e. The Bertz CT molecular complexity index is 1150. The molecule has 30 heavy (non-hydrogen) atoms.